The highest BCUT2D eigenvalue weighted by atomic mass is 19.4. The molecule has 0 aliphatic carbocycles. The van der Waals surface area contributed by atoms with E-state index in [9.17, 15) is 13.2 Å². The molecule has 0 bridgehead atoms. The first-order valence-electron chi connectivity index (χ1n) is 6.30. The molecule has 21 heavy (non-hydrogen) atoms. The molecule has 0 aliphatic rings. The molecule has 0 unspecified atom stereocenters. The number of halogens is 3. The van der Waals surface area contributed by atoms with Crippen molar-refractivity contribution >= 4 is 11.6 Å². The quantitative estimate of drug-likeness (QED) is 0.482. The van der Waals surface area contributed by atoms with Gasteiger partial charge in [0.25, 0.3) is 0 Å². The van der Waals surface area contributed by atoms with Crippen LogP contribution in [0, 0.1) is 0 Å². The molecule has 1 rings (SSSR count). The number of benzene rings is 1. The fraction of sp³-hybridized carbons (Fsp3) is 0.462. The molecule has 1 aromatic carbocycles. The van der Waals surface area contributed by atoms with Crippen molar-refractivity contribution in [1.29, 1.82) is 0 Å². The molecule has 5 nitrogen and oxygen atoms in total. The number of alkyl halides is 3. The molecule has 0 aromatic heterocycles. The van der Waals surface area contributed by atoms with E-state index in [1.807, 2.05) is 13.8 Å². The molecule has 0 heterocycles. The molecule has 0 radical (unpaired) electrons. The van der Waals surface area contributed by atoms with Gasteiger partial charge in [-0.3, -0.25) is 4.99 Å². The number of aliphatic imine (C=N–C) groups is 1. The number of rotatable bonds is 6. The summed E-state index contributed by atoms with van der Waals surface area (Å²) in [5, 5.41) is 2.76. The summed E-state index contributed by atoms with van der Waals surface area (Å²) in [6.45, 7) is 4.66. The largest absolute Gasteiger partial charge is 0.573 e. The summed E-state index contributed by atoms with van der Waals surface area (Å²) in [5.74, 6) is -0.138. The van der Waals surface area contributed by atoms with Gasteiger partial charge in [0, 0.05) is 5.69 Å². The zero-order valence-corrected chi connectivity index (χ0v) is 11.8. The van der Waals surface area contributed by atoms with E-state index in [0.29, 0.717) is 18.8 Å². The Labute approximate surface area is 120 Å². The van der Waals surface area contributed by atoms with Crippen molar-refractivity contribution in [3.05, 3.63) is 24.3 Å². The van der Waals surface area contributed by atoms with Gasteiger partial charge in [-0.1, -0.05) is 0 Å². The van der Waals surface area contributed by atoms with Crippen molar-refractivity contribution in [3.63, 3.8) is 0 Å². The predicted octanol–water partition coefficient (Wildman–Crippen LogP) is 2.74. The van der Waals surface area contributed by atoms with E-state index >= 15 is 0 Å². The smallest absolute Gasteiger partial charge is 0.406 e. The van der Waals surface area contributed by atoms with Crippen LogP contribution >= 0.6 is 0 Å². The Hall–Kier alpha value is -1.96. The summed E-state index contributed by atoms with van der Waals surface area (Å²) in [6.07, 6.45) is -4.58. The number of hydrogen-bond acceptors (Lipinski definition) is 3. The lowest BCUT2D eigenvalue weighted by atomic mass is 10.3. The SMILES string of the molecule is CC(C)OCCN=C(N)Nc1ccc(OC(F)(F)F)cc1. The van der Waals surface area contributed by atoms with Crippen molar-refractivity contribution in [1.82, 2.24) is 0 Å². The standard InChI is InChI=1S/C13H18F3N3O2/c1-9(2)20-8-7-18-12(17)19-10-3-5-11(6-4-10)21-13(14,15)16/h3-6,9H,7-8H2,1-2H3,(H3,17,18,19). The third-order valence-corrected chi connectivity index (χ3v) is 2.18. The number of nitrogens with zero attached hydrogens (tertiary/aromatic N) is 1. The van der Waals surface area contributed by atoms with Crippen LogP contribution in [-0.4, -0.2) is 31.6 Å². The second-order valence-corrected chi connectivity index (χ2v) is 4.38. The first-order chi connectivity index (χ1) is 9.76. The zero-order valence-electron chi connectivity index (χ0n) is 11.8. The van der Waals surface area contributed by atoms with E-state index in [1.54, 1.807) is 0 Å². The average molecular weight is 305 g/mol. The van der Waals surface area contributed by atoms with Crippen molar-refractivity contribution in [2.75, 3.05) is 18.5 Å². The number of anilines is 1. The minimum absolute atomic E-state index is 0.121. The van der Waals surface area contributed by atoms with Gasteiger partial charge < -0.3 is 20.5 Å². The van der Waals surface area contributed by atoms with Gasteiger partial charge in [0.2, 0.25) is 0 Å². The van der Waals surface area contributed by atoms with Crippen molar-refractivity contribution in [3.8, 4) is 5.75 Å². The molecule has 3 N–H and O–H groups in total. The lowest BCUT2D eigenvalue weighted by Gasteiger charge is -2.10. The van der Waals surface area contributed by atoms with Gasteiger partial charge in [0.1, 0.15) is 5.75 Å². The monoisotopic (exact) mass is 305 g/mol. The van der Waals surface area contributed by atoms with Crippen LogP contribution in [0.3, 0.4) is 0 Å². The summed E-state index contributed by atoms with van der Waals surface area (Å²) in [4.78, 5) is 4.02. The molecule has 0 saturated carbocycles. The number of nitrogens with two attached hydrogens (primary N) is 1. The molecular weight excluding hydrogens is 287 g/mol. The molecule has 0 atom stereocenters. The first kappa shape index (κ1) is 17.1. The van der Waals surface area contributed by atoms with Crippen LogP contribution in [0.5, 0.6) is 5.75 Å². The van der Waals surface area contributed by atoms with Crippen molar-refractivity contribution < 1.29 is 22.6 Å². The Balaban J connectivity index is 2.46. The third kappa shape index (κ3) is 8.03. The molecule has 118 valence electrons. The van der Waals surface area contributed by atoms with Gasteiger partial charge in [-0.15, -0.1) is 13.2 Å². The fourth-order valence-electron chi connectivity index (χ4n) is 1.38. The van der Waals surface area contributed by atoms with Gasteiger partial charge in [-0.2, -0.15) is 0 Å². The maximum Gasteiger partial charge on any atom is 0.573 e. The summed E-state index contributed by atoms with van der Waals surface area (Å²) >= 11 is 0. The Morgan fingerprint density at radius 3 is 2.43 bits per heavy atom. The highest BCUT2D eigenvalue weighted by Crippen LogP contribution is 2.23. The minimum Gasteiger partial charge on any atom is -0.406 e. The number of guanidine groups is 1. The summed E-state index contributed by atoms with van der Waals surface area (Å²) in [5.41, 5.74) is 6.14. The van der Waals surface area contributed by atoms with Crippen LogP contribution in [0.4, 0.5) is 18.9 Å². The Kier molecular flexibility index (Phi) is 6.29. The van der Waals surface area contributed by atoms with E-state index in [4.69, 9.17) is 10.5 Å². The Morgan fingerprint density at radius 1 is 1.29 bits per heavy atom. The molecular formula is C13H18F3N3O2. The summed E-state index contributed by atoms with van der Waals surface area (Å²) < 4.78 is 45.0. The maximum atomic E-state index is 12.0. The molecule has 1 aromatic rings. The highest BCUT2D eigenvalue weighted by molar-refractivity contribution is 5.92. The highest BCUT2D eigenvalue weighted by Gasteiger charge is 2.30. The number of hydrogen-bond donors (Lipinski definition) is 2. The van der Waals surface area contributed by atoms with Crippen LogP contribution in [0.15, 0.2) is 29.3 Å². The zero-order chi connectivity index (χ0) is 15.9. The second-order valence-electron chi connectivity index (χ2n) is 4.38. The summed E-state index contributed by atoms with van der Waals surface area (Å²) in [6, 6.07) is 5.19. The minimum atomic E-state index is -4.70. The van der Waals surface area contributed by atoms with E-state index in [-0.39, 0.29) is 17.8 Å². The van der Waals surface area contributed by atoms with Crippen LogP contribution in [0.1, 0.15) is 13.8 Å². The Morgan fingerprint density at radius 2 is 1.90 bits per heavy atom. The molecule has 0 spiro atoms. The van der Waals surface area contributed by atoms with Gasteiger partial charge in [-0.05, 0) is 38.1 Å². The van der Waals surface area contributed by atoms with E-state index in [2.05, 4.69) is 15.0 Å². The topological polar surface area (TPSA) is 68.9 Å². The Bertz CT molecular complexity index is 459. The molecule has 8 heteroatoms. The van der Waals surface area contributed by atoms with Gasteiger partial charge in [-0.25, -0.2) is 0 Å². The van der Waals surface area contributed by atoms with E-state index in [0.717, 1.165) is 0 Å². The van der Waals surface area contributed by atoms with Crippen molar-refractivity contribution in [2.24, 2.45) is 10.7 Å². The van der Waals surface area contributed by atoms with Crippen LogP contribution < -0.4 is 15.8 Å². The van der Waals surface area contributed by atoms with E-state index in [1.165, 1.54) is 24.3 Å². The molecule has 0 aliphatic heterocycles. The van der Waals surface area contributed by atoms with Crippen LogP contribution in [0.25, 0.3) is 0 Å². The van der Waals surface area contributed by atoms with Crippen LogP contribution in [0.2, 0.25) is 0 Å². The van der Waals surface area contributed by atoms with Crippen LogP contribution in [-0.2, 0) is 4.74 Å². The average Bonchev–Trinajstić information content (AvgIpc) is 2.35. The molecule has 0 fully saturated rings. The lowest BCUT2D eigenvalue weighted by molar-refractivity contribution is -0.274. The van der Waals surface area contributed by atoms with E-state index < -0.39 is 6.36 Å². The molecule has 0 amide bonds. The predicted molar refractivity (Wildman–Crippen MR) is 74.3 cm³/mol. The summed E-state index contributed by atoms with van der Waals surface area (Å²) in [7, 11) is 0. The third-order valence-electron chi connectivity index (χ3n) is 2.18. The van der Waals surface area contributed by atoms with Crippen molar-refractivity contribution in [2.45, 2.75) is 26.3 Å². The normalized spacial score (nSPS) is 12.6. The number of ether oxygens (including phenoxy) is 2. The second kappa shape index (κ2) is 7.72. The lowest BCUT2D eigenvalue weighted by Crippen LogP contribution is -2.23. The first-order valence-corrected chi connectivity index (χ1v) is 6.30. The van der Waals surface area contributed by atoms with Gasteiger partial charge >= 0.3 is 6.36 Å². The fourth-order valence-corrected chi connectivity index (χ4v) is 1.38. The van der Waals surface area contributed by atoms with Gasteiger partial charge in [0.05, 0.1) is 19.3 Å². The number of nitrogens with one attached hydrogen (secondary N) is 1. The van der Waals surface area contributed by atoms with Gasteiger partial charge in [0.15, 0.2) is 5.96 Å². The molecule has 0 saturated heterocycles. The maximum absolute atomic E-state index is 12.0.